The standard InChI is InChI=1S/C2H4IN3O2/c3-1(2(4)5)6(7)8/h4-5H2. The molecule has 0 aliphatic heterocycles. The van der Waals surface area contributed by atoms with Crippen LogP contribution >= 0.6 is 22.6 Å². The molecule has 0 radical (unpaired) electrons. The number of halogens is 1. The Morgan fingerprint density at radius 2 is 2.00 bits per heavy atom. The van der Waals surface area contributed by atoms with E-state index in [0.717, 1.165) is 0 Å². The van der Waals surface area contributed by atoms with Gasteiger partial charge in [-0.1, -0.05) is 0 Å². The van der Waals surface area contributed by atoms with Crippen molar-refractivity contribution in [2.45, 2.75) is 0 Å². The number of hydrogen-bond donors (Lipinski definition) is 2. The predicted octanol–water partition coefficient (Wildman–Crippen LogP) is -0.258. The first-order chi connectivity index (χ1) is 3.55. The molecule has 0 rings (SSSR count). The van der Waals surface area contributed by atoms with Gasteiger partial charge in [0.1, 0.15) is 0 Å². The Kier molecular flexibility index (Phi) is 2.52. The van der Waals surface area contributed by atoms with Gasteiger partial charge in [-0.2, -0.15) is 0 Å². The molecular formula is C2H4IN3O2. The summed E-state index contributed by atoms with van der Waals surface area (Å²) in [6.45, 7) is 0. The fourth-order valence-electron chi connectivity index (χ4n) is 0.105. The average molecular weight is 229 g/mol. The second-order valence-corrected chi connectivity index (χ2v) is 2.03. The summed E-state index contributed by atoms with van der Waals surface area (Å²) < 4.78 is -0.234. The number of nitrogens with zero attached hydrogens (tertiary/aromatic N) is 1. The van der Waals surface area contributed by atoms with Gasteiger partial charge in [-0.3, -0.25) is 10.1 Å². The third-order valence-corrected chi connectivity index (χ3v) is 1.42. The molecule has 46 valence electrons. The van der Waals surface area contributed by atoms with E-state index in [0.29, 0.717) is 0 Å². The zero-order valence-corrected chi connectivity index (χ0v) is 5.95. The first-order valence-electron chi connectivity index (χ1n) is 1.61. The van der Waals surface area contributed by atoms with Crippen LogP contribution in [0.1, 0.15) is 0 Å². The van der Waals surface area contributed by atoms with E-state index >= 15 is 0 Å². The van der Waals surface area contributed by atoms with Crippen LogP contribution in [0.4, 0.5) is 0 Å². The number of nitro groups is 1. The summed E-state index contributed by atoms with van der Waals surface area (Å²) in [5.74, 6) is -0.254. The Morgan fingerprint density at radius 1 is 1.62 bits per heavy atom. The minimum absolute atomic E-state index is 0.234. The average Bonchev–Trinajstić information content (AvgIpc) is 1.64. The van der Waals surface area contributed by atoms with E-state index in [9.17, 15) is 10.1 Å². The van der Waals surface area contributed by atoms with Gasteiger partial charge in [0.15, 0.2) is 5.82 Å². The van der Waals surface area contributed by atoms with E-state index < -0.39 is 4.92 Å². The molecule has 0 unspecified atom stereocenters. The van der Waals surface area contributed by atoms with Crippen molar-refractivity contribution in [1.82, 2.24) is 0 Å². The van der Waals surface area contributed by atoms with Crippen LogP contribution in [0.25, 0.3) is 0 Å². The van der Waals surface area contributed by atoms with Crippen molar-refractivity contribution in [3.63, 3.8) is 0 Å². The molecule has 8 heavy (non-hydrogen) atoms. The van der Waals surface area contributed by atoms with Crippen LogP contribution < -0.4 is 11.5 Å². The maximum atomic E-state index is 9.72. The Balaban J connectivity index is 4.23. The van der Waals surface area contributed by atoms with Crippen molar-refractivity contribution in [1.29, 1.82) is 0 Å². The number of nitrogens with two attached hydrogens (primary N) is 2. The molecule has 0 aliphatic carbocycles. The lowest BCUT2D eigenvalue weighted by Gasteiger charge is -1.87. The molecule has 0 fully saturated rings. The number of rotatable bonds is 1. The van der Waals surface area contributed by atoms with Crippen LogP contribution in [0.2, 0.25) is 0 Å². The third kappa shape index (κ3) is 1.96. The highest BCUT2D eigenvalue weighted by atomic mass is 127. The maximum Gasteiger partial charge on any atom is 0.342 e. The second-order valence-electron chi connectivity index (χ2n) is 1.00. The molecule has 0 atom stereocenters. The molecule has 5 nitrogen and oxygen atoms in total. The first-order valence-corrected chi connectivity index (χ1v) is 2.68. The van der Waals surface area contributed by atoms with E-state index in [2.05, 4.69) is 0 Å². The molecule has 0 amide bonds. The van der Waals surface area contributed by atoms with Crippen molar-refractivity contribution in [2.75, 3.05) is 0 Å². The van der Waals surface area contributed by atoms with Crippen LogP contribution in [0.5, 0.6) is 0 Å². The van der Waals surface area contributed by atoms with Crippen LogP contribution in [0, 0.1) is 10.1 Å². The molecule has 4 N–H and O–H groups in total. The molecule has 6 heteroatoms. The fourth-order valence-corrected chi connectivity index (χ4v) is 0.105. The highest BCUT2D eigenvalue weighted by Crippen LogP contribution is 2.04. The molecule has 0 aliphatic rings. The SMILES string of the molecule is NC(N)=C(I)[N+](=O)[O-]. The molecule has 0 spiro atoms. The minimum Gasteiger partial charge on any atom is -0.380 e. The Bertz CT molecular complexity index is 138. The Morgan fingerprint density at radius 3 is 2.00 bits per heavy atom. The number of hydrogen-bond acceptors (Lipinski definition) is 4. The predicted molar refractivity (Wildman–Crippen MR) is 36.4 cm³/mol. The van der Waals surface area contributed by atoms with Crippen LogP contribution in [0.3, 0.4) is 0 Å². The molecule has 0 heterocycles. The van der Waals surface area contributed by atoms with Crippen LogP contribution in [-0.4, -0.2) is 4.92 Å². The topological polar surface area (TPSA) is 95.2 Å². The van der Waals surface area contributed by atoms with E-state index in [1.54, 1.807) is 0 Å². The molecule has 0 saturated carbocycles. The van der Waals surface area contributed by atoms with Gasteiger partial charge in [-0.15, -0.1) is 0 Å². The highest BCUT2D eigenvalue weighted by Gasteiger charge is 2.06. The molecule has 0 aromatic carbocycles. The van der Waals surface area contributed by atoms with Gasteiger partial charge >= 0.3 is 3.70 Å². The van der Waals surface area contributed by atoms with Gasteiger partial charge in [-0.25, -0.2) is 0 Å². The summed E-state index contributed by atoms with van der Waals surface area (Å²) in [6.07, 6.45) is 0. The lowest BCUT2D eigenvalue weighted by Crippen LogP contribution is -2.13. The van der Waals surface area contributed by atoms with Crippen molar-refractivity contribution in [2.24, 2.45) is 11.5 Å². The van der Waals surface area contributed by atoms with Gasteiger partial charge in [0.25, 0.3) is 0 Å². The molecule has 0 saturated heterocycles. The minimum atomic E-state index is -0.643. The monoisotopic (exact) mass is 229 g/mol. The van der Waals surface area contributed by atoms with E-state index in [4.69, 9.17) is 11.5 Å². The summed E-state index contributed by atoms with van der Waals surface area (Å²) in [6, 6.07) is 0. The van der Waals surface area contributed by atoms with Crippen LogP contribution in [-0.2, 0) is 0 Å². The Labute approximate surface area is 59.0 Å². The van der Waals surface area contributed by atoms with Crippen LogP contribution in [0.15, 0.2) is 9.52 Å². The van der Waals surface area contributed by atoms with Gasteiger partial charge in [0.05, 0.1) is 4.92 Å². The lowest BCUT2D eigenvalue weighted by atomic mass is 10.8. The summed E-state index contributed by atoms with van der Waals surface area (Å²) in [4.78, 5) is 9.08. The van der Waals surface area contributed by atoms with E-state index in [1.807, 2.05) is 0 Å². The van der Waals surface area contributed by atoms with Gasteiger partial charge in [-0.05, 0) is 0 Å². The lowest BCUT2D eigenvalue weighted by molar-refractivity contribution is -0.407. The Hall–Kier alpha value is -0.530. The second kappa shape index (κ2) is 2.70. The van der Waals surface area contributed by atoms with Gasteiger partial charge in [0.2, 0.25) is 0 Å². The smallest absolute Gasteiger partial charge is 0.342 e. The van der Waals surface area contributed by atoms with E-state index in [1.165, 1.54) is 22.6 Å². The summed E-state index contributed by atoms with van der Waals surface area (Å²) in [5, 5.41) is 9.72. The summed E-state index contributed by atoms with van der Waals surface area (Å²) in [7, 11) is 0. The normalized spacial score (nSPS) is 8.12. The maximum absolute atomic E-state index is 9.72. The van der Waals surface area contributed by atoms with Crippen molar-refractivity contribution >= 4 is 22.6 Å². The quantitative estimate of drug-likeness (QED) is 0.280. The highest BCUT2D eigenvalue weighted by molar-refractivity contribution is 14.1. The van der Waals surface area contributed by atoms with Crippen molar-refractivity contribution < 1.29 is 4.92 Å². The molecular weight excluding hydrogens is 225 g/mol. The van der Waals surface area contributed by atoms with Crippen molar-refractivity contribution in [3.05, 3.63) is 19.6 Å². The summed E-state index contributed by atoms with van der Waals surface area (Å²) >= 11 is 1.45. The molecule has 0 aromatic rings. The van der Waals surface area contributed by atoms with Gasteiger partial charge < -0.3 is 11.5 Å². The van der Waals surface area contributed by atoms with Gasteiger partial charge in [0, 0.05) is 22.6 Å². The summed E-state index contributed by atoms with van der Waals surface area (Å²) in [5.41, 5.74) is 9.69. The third-order valence-electron chi connectivity index (χ3n) is 0.399. The zero-order valence-electron chi connectivity index (χ0n) is 3.80. The van der Waals surface area contributed by atoms with Crippen molar-refractivity contribution in [3.8, 4) is 0 Å². The molecule has 0 bridgehead atoms. The largest absolute Gasteiger partial charge is 0.380 e. The van der Waals surface area contributed by atoms with E-state index in [-0.39, 0.29) is 9.52 Å². The zero-order chi connectivity index (χ0) is 6.73. The first kappa shape index (κ1) is 7.47. The fraction of sp³-hybridized carbons (Fsp3) is 0. The molecule has 0 aromatic heterocycles.